The predicted molar refractivity (Wildman–Crippen MR) is 75.7 cm³/mol. The number of hydrogen-bond donors (Lipinski definition) is 1. The van der Waals surface area contributed by atoms with Gasteiger partial charge in [-0.05, 0) is 25.5 Å². The van der Waals surface area contributed by atoms with E-state index in [1.165, 1.54) is 27.4 Å². The van der Waals surface area contributed by atoms with Crippen LogP contribution in [0.15, 0.2) is 42.5 Å². The van der Waals surface area contributed by atoms with Gasteiger partial charge in [-0.15, -0.1) is 0 Å². The Hall–Kier alpha value is -1.80. The van der Waals surface area contributed by atoms with E-state index in [9.17, 15) is 0 Å². The second kappa shape index (κ2) is 3.36. The van der Waals surface area contributed by atoms with Crippen LogP contribution in [-0.4, -0.2) is 4.57 Å². The molecule has 0 radical (unpaired) electrons. The molecule has 0 aliphatic carbocycles. The fourth-order valence-corrected chi connectivity index (χ4v) is 3.36. The van der Waals surface area contributed by atoms with E-state index in [4.69, 9.17) is 0 Å². The molecule has 2 heteroatoms. The Morgan fingerprint density at radius 3 is 2.61 bits per heavy atom. The first-order chi connectivity index (χ1) is 8.77. The van der Waals surface area contributed by atoms with Crippen molar-refractivity contribution in [1.82, 2.24) is 9.88 Å². The summed E-state index contributed by atoms with van der Waals surface area (Å²) in [6.45, 7) is 4.48. The highest BCUT2D eigenvalue weighted by Crippen LogP contribution is 2.38. The highest BCUT2D eigenvalue weighted by atomic mass is 15.2. The maximum absolute atomic E-state index is 3.64. The van der Waals surface area contributed by atoms with Crippen LogP contribution in [0.1, 0.15) is 31.6 Å². The second-order valence-electron chi connectivity index (χ2n) is 5.19. The molecule has 1 aliphatic rings. The van der Waals surface area contributed by atoms with E-state index < -0.39 is 0 Å². The number of nitrogens with one attached hydrogen (secondary N) is 1. The molecule has 0 saturated carbocycles. The third-order valence-electron chi connectivity index (χ3n) is 4.11. The lowest BCUT2D eigenvalue weighted by Gasteiger charge is -2.30. The van der Waals surface area contributed by atoms with Gasteiger partial charge in [0.25, 0.3) is 0 Å². The monoisotopic (exact) mass is 236 g/mol. The van der Waals surface area contributed by atoms with Gasteiger partial charge >= 0.3 is 0 Å². The number of rotatable bonds is 0. The van der Waals surface area contributed by atoms with Crippen molar-refractivity contribution in [1.29, 1.82) is 0 Å². The van der Waals surface area contributed by atoms with Gasteiger partial charge in [-0.2, -0.15) is 0 Å². The van der Waals surface area contributed by atoms with Crippen molar-refractivity contribution in [3.8, 4) is 0 Å². The molecule has 0 amide bonds. The first kappa shape index (κ1) is 10.2. The van der Waals surface area contributed by atoms with Gasteiger partial charge in [0.05, 0.1) is 17.2 Å². The number of hydrogen-bond acceptors (Lipinski definition) is 1. The van der Waals surface area contributed by atoms with Gasteiger partial charge in [-0.25, -0.2) is 0 Å². The van der Waals surface area contributed by atoms with Gasteiger partial charge in [-0.1, -0.05) is 36.4 Å². The van der Waals surface area contributed by atoms with Gasteiger partial charge in [0, 0.05) is 16.8 Å². The molecule has 2 heterocycles. The number of nitrogens with zero attached hydrogens (tertiary/aromatic N) is 1. The molecule has 90 valence electrons. The Morgan fingerprint density at radius 2 is 1.72 bits per heavy atom. The normalized spacial score (nSPS) is 22.8. The maximum atomic E-state index is 3.64. The fourth-order valence-electron chi connectivity index (χ4n) is 3.36. The van der Waals surface area contributed by atoms with Gasteiger partial charge in [0.15, 0.2) is 0 Å². The van der Waals surface area contributed by atoms with Gasteiger partial charge in [0.2, 0.25) is 0 Å². The van der Waals surface area contributed by atoms with E-state index in [1.54, 1.807) is 0 Å². The zero-order valence-electron chi connectivity index (χ0n) is 10.6. The topological polar surface area (TPSA) is 17.0 Å². The number of aromatic nitrogens is 1. The molecule has 2 aromatic carbocycles. The summed E-state index contributed by atoms with van der Waals surface area (Å²) in [7, 11) is 0. The van der Waals surface area contributed by atoms with Crippen molar-refractivity contribution < 1.29 is 0 Å². The molecule has 18 heavy (non-hydrogen) atoms. The number of para-hydroxylation sites is 2. The first-order valence-electron chi connectivity index (χ1n) is 6.55. The third-order valence-corrected chi connectivity index (χ3v) is 4.11. The lowest BCUT2D eigenvalue weighted by Crippen LogP contribution is -2.31. The van der Waals surface area contributed by atoms with Crippen LogP contribution in [0.3, 0.4) is 0 Å². The molecule has 1 N–H and O–H groups in total. The van der Waals surface area contributed by atoms with Crippen LogP contribution in [0.25, 0.3) is 21.8 Å². The third kappa shape index (κ3) is 1.11. The minimum Gasteiger partial charge on any atom is -0.324 e. The van der Waals surface area contributed by atoms with Gasteiger partial charge < -0.3 is 4.57 Å². The lowest BCUT2D eigenvalue weighted by molar-refractivity contribution is 0.390. The molecule has 4 rings (SSSR count). The molecular formula is C16H16N2. The van der Waals surface area contributed by atoms with Crippen molar-refractivity contribution in [2.24, 2.45) is 0 Å². The van der Waals surface area contributed by atoms with Crippen molar-refractivity contribution in [2.45, 2.75) is 26.1 Å². The molecule has 1 aliphatic heterocycles. The van der Waals surface area contributed by atoms with Crippen molar-refractivity contribution in [3.63, 3.8) is 0 Å². The Balaban J connectivity index is 2.31. The average Bonchev–Trinajstić information content (AvgIpc) is 2.72. The van der Waals surface area contributed by atoms with Gasteiger partial charge in [-0.3, -0.25) is 5.32 Å². The summed E-state index contributed by atoms with van der Waals surface area (Å²) < 4.78 is 2.43. The smallest absolute Gasteiger partial charge is 0.0821 e. The predicted octanol–water partition coefficient (Wildman–Crippen LogP) is 3.98. The molecular weight excluding hydrogens is 220 g/mol. The van der Waals surface area contributed by atoms with E-state index in [0.717, 1.165) is 0 Å². The van der Waals surface area contributed by atoms with E-state index in [-0.39, 0.29) is 0 Å². The minimum atomic E-state index is 0.345. The summed E-state index contributed by atoms with van der Waals surface area (Å²) in [5, 5.41) is 6.37. The standard InChI is InChI=1S/C16H16N2/c1-10-12-7-5-8-14-13-6-3-4-9-15(13)18(16(12)14)11(2)17-10/h3-11,17H,1-2H3/t10?,11-/m0/s1. The van der Waals surface area contributed by atoms with E-state index in [1.807, 2.05) is 0 Å². The Kier molecular flexibility index (Phi) is 1.90. The van der Waals surface area contributed by atoms with Crippen LogP contribution in [0.4, 0.5) is 0 Å². The molecule has 1 aromatic heterocycles. The Morgan fingerprint density at radius 1 is 0.944 bits per heavy atom. The van der Waals surface area contributed by atoms with E-state index >= 15 is 0 Å². The Labute approximate surface area is 106 Å². The largest absolute Gasteiger partial charge is 0.324 e. The van der Waals surface area contributed by atoms with Crippen LogP contribution in [0.5, 0.6) is 0 Å². The molecule has 2 nitrogen and oxygen atoms in total. The summed E-state index contributed by atoms with van der Waals surface area (Å²) in [6.07, 6.45) is 0.345. The maximum Gasteiger partial charge on any atom is 0.0821 e. The summed E-state index contributed by atoms with van der Waals surface area (Å²) in [5.41, 5.74) is 4.13. The minimum absolute atomic E-state index is 0.345. The highest BCUT2D eigenvalue weighted by molar-refractivity contribution is 6.09. The summed E-state index contributed by atoms with van der Waals surface area (Å²) in [5.74, 6) is 0. The molecule has 0 bridgehead atoms. The highest BCUT2D eigenvalue weighted by Gasteiger charge is 2.24. The Bertz CT molecular complexity index is 754. The molecule has 0 fully saturated rings. The van der Waals surface area contributed by atoms with Crippen molar-refractivity contribution >= 4 is 21.8 Å². The van der Waals surface area contributed by atoms with Gasteiger partial charge in [0.1, 0.15) is 0 Å². The van der Waals surface area contributed by atoms with Crippen LogP contribution < -0.4 is 5.32 Å². The van der Waals surface area contributed by atoms with Crippen LogP contribution in [0.2, 0.25) is 0 Å². The van der Waals surface area contributed by atoms with Crippen molar-refractivity contribution in [2.75, 3.05) is 0 Å². The molecule has 2 atom stereocenters. The average molecular weight is 236 g/mol. The zero-order valence-corrected chi connectivity index (χ0v) is 10.6. The SMILES string of the molecule is CC1N[C@H](C)n2c3ccccc3c3cccc1c32. The summed E-state index contributed by atoms with van der Waals surface area (Å²) in [6, 6.07) is 15.7. The molecule has 0 spiro atoms. The second-order valence-corrected chi connectivity index (χ2v) is 5.19. The summed E-state index contributed by atoms with van der Waals surface area (Å²) in [4.78, 5) is 0. The van der Waals surface area contributed by atoms with Crippen molar-refractivity contribution in [3.05, 3.63) is 48.0 Å². The van der Waals surface area contributed by atoms with Crippen LogP contribution in [0, 0.1) is 0 Å². The molecule has 3 aromatic rings. The summed E-state index contributed by atoms with van der Waals surface area (Å²) >= 11 is 0. The van der Waals surface area contributed by atoms with Crippen LogP contribution in [-0.2, 0) is 0 Å². The lowest BCUT2D eigenvalue weighted by atomic mass is 10.0. The van der Waals surface area contributed by atoms with Crippen LogP contribution >= 0.6 is 0 Å². The van der Waals surface area contributed by atoms with E-state index in [0.29, 0.717) is 12.2 Å². The first-order valence-corrected chi connectivity index (χ1v) is 6.55. The number of benzene rings is 2. The molecule has 0 saturated heterocycles. The van der Waals surface area contributed by atoms with E-state index in [2.05, 4.69) is 66.2 Å². The zero-order chi connectivity index (χ0) is 12.3. The quantitative estimate of drug-likeness (QED) is 0.624. The number of fused-ring (bicyclic) bond motifs is 3. The molecule has 1 unspecified atom stereocenters. The fraction of sp³-hybridized carbons (Fsp3) is 0.250.